The summed E-state index contributed by atoms with van der Waals surface area (Å²) in [7, 11) is 0. The Bertz CT molecular complexity index is 598. The van der Waals surface area contributed by atoms with E-state index in [4.69, 9.17) is 23.7 Å². The lowest BCUT2D eigenvalue weighted by Crippen LogP contribution is -2.47. The number of hydroxylamine groups is 1. The molecule has 0 aromatic rings. The van der Waals surface area contributed by atoms with Crippen LogP contribution < -0.4 is 0 Å². The molecule has 1 aliphatic carbocycles. The van der Waals surface area contributed by atoms with Gasteiger partial charge >= 0.3 is 0 Å². The van der Waals surface area contributed by atoms with E-state index in [1.54, 1.807) is 6.21 Å². The van der Waals surface area contributed by atoms with E-state index in [1.807, 2.05) is 27.7 Å². The van der Waals surface area contributed by atoms with Crippen molar-refractivity contribution in [3.8, 4) is 0 Å². The highest BCUT2D eigenvalue weighted by molar-refractivity contribution is 5.75. The number of hydrogen-bond donors (Lipinski definition) is 0. The highest BCUT2D eigenvalue weighted by Gasteiger charge is 2.62. The largest absolute Gasteiger partial charge is 0.623 e. The molecule has 0 amide bonds. The number of rotatable bonds is 3. The predicted molar refractivity (Wildman–Crippen MR) is 89.0 cm³/mol. The van der Waals surface area contributed by atoms with Crippen molar-refractivity contribution in [2.24, 2.45) is 0 Å². The van der Waals surface area contributed by atoms with Gasteiger partial charge in [-0.2, -0.15) is 0 Å². The Balaban J connectivity index is 1.60. The van der Waals surface area contributed by atoms with E-state index in [0.29, 0.717) is 6.61 Å². The summed E-state index contributed by atoms with van der Waals surface area (Å²) in [5, 5.41) is 13.0. The molecule has 5 atom stereocenters. The molecule has 0 saturated carbocycles. The molecule has 0 spiro atoms. The second-order valence-corrected chi connectivity index (χ2v) is 8.09. The average molecular weight is 353 g/mol. The van der Waals surface area contributed by atoms with Crippen molar-refractivity contribution in [2.75, 3.05) is 6.61 Å². The molecule has 0 aromatic carbocycles. The molecule has 3 fully saturated rings. The molecule has 3 saturated heterocycles. The van der Waals surface area contributed by atoms with Crippen LogP contribution in [0.25, 0.3) is 0 Å². The van der Waals surface area contributed by atoms with Crippen LogP contribution in [0.3, 0.4) is 0 Å². The lowest BCUT2D eigenvalue weighted by molar-refractivity contribution is -0.517. The Morgan fingerprint density at radius 3 is 2.56 bits per heavy atom. The molecule has 3 heterocycles. The fraction of sp³-hybridized carbons (Fsp3) is 0.833. The van der Waals surface area contributed by atoms with Crippen molar-refractivity contribution < 1.29 is 28.4 Å². The molecule has 140 valence electrons. The van der Waals surface area contributed by atoms with Crippen molar-refractivity contribution in [3.63, 3.8) is 0 Å². The third-order valence-electron chi connectivity index (χ3n) is 5.11. The molecular formula is C18H27NO6. The van der Waals surface area contributed by atoms with Crippen molar-refractivity contribution in [2.45, 2.75) is 89.2 Å². The first-order valence-corrected chi connectivity index (χ1v) is 9.06. The zero-order valence-electron chi connectivity index (χ0n) is 15.3. The van der Waals surface area contributed by atoms with E-state index in [1.165, 1.54) is 0 Å². The number of nitrogens with zero attached hydrogens (tertiary/aromatic N) is 1. The van der Waals surface area contributed by atoms with Gasteiger partial charge in [0.15, 0.2) is 36.3 Å². The molecule has 7 heteroatoms. The molecule has 0 bridgehead atoms. The molecule has 0 unspecified atom stereocenters. The summed E-state index contributed by atoms with van der Waals surface area (Å²) in [5.74, 6) is -1.44. The van der Waals surface area contributed by atoms with Gasteiger partial charge in [-0.3, -0.25) is 0 Å². The van der Waals surface area contributed by atoms with E-state index in [-0.39, 0.29) is 6.10 Å². The van der Waals surface area contributed by atoms with Crippen LogP contribution in [0.4, 0.5) is 0 Å². The average Bonchev–Trinajstić information content (AvgIpc) is 3.22. The number of fused-ring (bicyclic) bond motifs is 1. The Kier molecular flexibility index (Phi) is 4.20. The van der Waals surface area contributed by atoms with Gasteiger partial charge in [-0.1, -0.05) is 6.08 Å². The zero-order valence-corrected chi connectivity index (χ0v) is 15.3. The van der Waals surface area contributed by atoms with Crippen LogP contribution in [0.2, 0.25) is 0 Å². The van der Waals surface area contributed by atoms with Crippen LogP contribution in [-0.2, 0) is 23.7 Å². The molecule has 4 aliphatic rings. The topological polar surface area (TPSA) is 72.2 Å². The summed E-state index contributed by atoms with van der Waals surface area (Å²) < 4.78 is 30.5. The Morgan fingerprint density at radius 2 is 1.92 bits per heavy atom. The van der Waals surface area contributed by atoms with E-state index in [2.05, 4.69) is 6.08 Å². The second kappa shape index (κ2) is 6.03. The minimum absolute atomic E-state index is 0.330. The maximum absolute atomic E-state index is 13.0. The lowest BCUT2D eigenvalue weighted by atomic mass is 10.0. The van der Waals surface area contributed by atoms with Gasteiger partial charge in [0.05, 0.1) is 6.61 Å². The summed E-state index contributed by atoms with van der Waals surface area (Å²) in [4.78, 5) is 0. The van der Waals surface area contributed by atoms with Gasteiger partial charge < -0.3 is 28.9 Å². The molecule has 3 aliphatic heterocycles. The first-order valence-electron chi connectivity index (χ1n) is 9.06. The van der Waals surface area contributed by atoms with Gasteiger partial charge in [-0.05, 0) is 47.0 Å². The maximum atomic E-state index is 13.0. The summed E-state index contributed by atoms with van der Waals surface area (Å²) in [6.45, 7) is 7.76. The van der Waals surface area contributed by atoms with Gasteiger partial charge in [-0.25, -0.2) is 4.74 Å². The Morgan fingerprint density at radius 1 is 1.12 bits per heavy atom. The third kappa shape index (κ3) is 3.36. The monoisotopic (exact) mass is 353 g/mol. The van der Waals surface area contributed by atoms with Gasteiger partial charge in [-0.15, -0.1) is 0 Å². The van der Waals surface area contributed by atoms with Gasteiger partial charge in [0.25, 0.3) is 0 Å². The van der Waals surface area contributed by atoms with Crippen molar-refractivity contribution in [1.29, 1.82) is 0 Å². The molecule has 4 rings (SSSR count). The first kappa shape index (κ1) is 17.4. The van der Waals surface area contributed by atoms with E-state index in [9.17, 15) is 5.21 Å². The third-order valence-corrected chi connectivity index (χ3v) is 5.11. The highest BCUT2D eigenvalue weighted by Crippen LogP contribution is 2.41. The lowest BCUT2D eigenvalue weighted by Gasteiger charge is -2.28. The first-order chi connectivity index (χ1) is 11.7. The Hall–Kier alpha value is -0.990. The van der Waals surface area contributed by atoms with E-state index >= 15 is 0 Å². The van der Waals surface area contributed by atoms with Crippen LogP contribution in [0.15, 0.2) is 11.6 Å². The van der Waals surface area contributed by atoms with Gasteiger partial charge in [0, 0.05) is 5.57 Å². The smallest absolute Gasteiger partial charge is 0.222 e. The van der Waals surface area contributed by atoms with Crippen molar-refractivity contribution >= 4 is 6.21 Å². The fourth-order valence-electron chi connectivity index (χ4n) is 4.05. The van der Waals surface area contributed by atoms with Crippen LogP contribution in [0, 0.1) is 5.21 Å². The van der Waals surface area contributed by atoms with Gasteiger partial charge in [0.2, 0.25) is 6.04 Å². The number of hydrogen-bond acceptors (Lipinski definition) is 6. The van der Waals surface area contributed by atoms with Crippen LogP contribution in [0.5, 0.6) is 0 Å². The van der Waals surface area contributed by atoms with Crippen LogP contribution in [0.1, 0.15) is 47.0 Å². The minimum atomic E-state index is -0.766. The number of allylic oxidation sites excluding steroid dienone is 2. The SMILES string of the molecule is CC1(C)O[C@H]2O[C@H]([C@H]3COC(C)(C)O3)[C@@H](/[N+]([O-])=C/C3=CCCC3)[C@H]2O1. The fourth-order valence-corrected chi connectivity index (χ4v) is 4.05. The van der Waals surface area contributed by atoms with Gasteiger partial charge in [0.1, 0.15) is 6.10 Å². The molecule has 0 N–H and O–H groups in total. The Labute approximate surface area is 148 Å². The quantitative estimate of drug-likeness (QED) is 0.335. The van der Waals surface area contributed by atoms with Crippen LogP contribution in [-0.4, -0.2) is 59.8 Å². The van der Waals surface area contributed by atoms with E-state index in [0.717, 1.165) is 29.6 Å². The molecule has 0 aromatic heterocycles. The maximum Gasteiger partial charge on any atom is 0.222 e. The van der Waals surface area contributed by atoms with Crippen molar-refractivity contribution in [1.82, 2.24) is 0 Å². The zero-order chi connectivity index (χ0) is 17.8. The summed E-state index contributed by atoms with van der Waals surface area (Å²) in [5.41, 5.74) is 1.07. The number of ether oxygens (including phenoxy) is 5. The molecule has 0 radical (unpaired) electrons. The summed E-state index contributed by atoms with van der Waals surface area (Å²) >= 11 is 0. The predicted octanol–water partition coefficient (Wildman–Crippen LogP) is 2.07. The van der Waals surface area contributed by atoms with Crippen LogP contribution >= 0.6 is 0 Å². The summed E-state index contributed by atoms with van der Waals surface area (Å²) in [6.07, 6.45) is 5.01. The normalized spacial score (nSPS) is 42.6. The van der Waals surface area contributed by atoms with Crippen molar-refractivity contribution in [3.05, 3.63) is 16.9 Å². The summed E-state index contributed by atoms with van der Waals surface area (Å²) in [6, 6.07) is -0.532. The molecule has 7 nitrogen and oxygen atoms in total. The second-order valence-electron chi connectivity index (χ2n) is 8.09. The molecular weight excluding hydrogens is 326 g/mol. The standard InChI is InChI=1S/C18H27NO6/c1-17(2)21-10-12(23-17)14-13(19(20)9-11-7-5-6-8-11)15-16(22-14)25-18(3,4)24-15/h7,9,12-16H,5-6,8,10H2,1-4H3/b19-9-/t12-,13-,14-,15-,16-/m1/s1. The minimum Gasteiger partial charge on any atom is -0.623 e. The van der Waals surface area contributed by atoms with E-state index < -0.39 is 36.1 Å². The highest BCUT2D eigenvalue weighted by atomic mass is 16.8. The molecule has 25 heavy (non-hydrogen) atoms.